The molecule has 1 aromatic carbocycles. The van der Waals surface area contributed by atoms with Crippen LogP contribution in [0.5, 0.6) is 0 Å². The highest BCUT2D eigenvalue weighted by Gasteiger charge is 2.30. The average molecular weight is 406 g/mol. The standard InChI is InChI=1S/C17H16BrN3O4/c1-25-17(22)13-6-5-12(20-16(13)10-2-3-10)9-19-14-7-4-11(18)8-15(14)21(23)24/h4-8,10,19H,2-3,9H2,1H3. The molecule has 7 nitrogen and oxygen atoms in total. The first-order valence-corrected chi connectivity index (χ1v) is 8.55. The van der Waals surface area contributed by atoms with Crippen LogP contribution in [0.1, 0.15) is 40.5 Å². The van der Waals surface area contributed by atoms with Crippen LogP contribution in [0.15, 0.2) is 34.8 Å². The zero-order valence-electron chi connectivity index (χ0n) is 13.5. The molecule has 1 heterocycles. The van der Waals surface area contributed by atoms with E-state index < -0.39 is 10.9 Å². The van der Waals surface area contributed by atoms with Gasteiger partial charge in [0, 0.05) is 16.5 Å². The normalized spacial score (nSPS) is 13.4. The van der Waals surface area contributed by atoms with Crippen LogP contribution in [0.3, 0.4) is 0 Å². The van der Waals surface area contributed by atoms with E-state index in [9.17, 15) is 14.9 Å². The third-order valence-corrected chi connectivity index (χ3v) is 4.46. The van der Waals surface area contributed by atoms with Crippen molar-refractivity contribution in [3.63, 3.8) is 0 Å². The van der Waals surface area contributed by atoms with Crippen molar-refractivity contribution in [2.45, 2.75) is 25.3 Å². The number of methoxy groups -OCH3 is 1. The minimum absolute atomic E-state index is 0.0111. The average Bonchev–Trinajstić information content (AvgIpc) is 3.44. The van der Waals surface area contributed by atoms with E-state index in [1.165, 1.54) is 13.2 Å². The summed E-state index contributed by atoms with van der Waals surface area (Å²) in [6.07, 6.45) is 2.01. The molecule has 0 spiro atoms. The van der Waals surface area contributed by atoms with Crippen LogP contribution < -0.4 is 5.32 Å². The van der Waals surface area contributed by atoms with E-state index >= 15 is 0 Å². The van der Waals surface area contributed by atoms with Crippen LogP contribution in [-0.4, -0.2) is 23.0 Å². The summed E-state index contributed by atoms with van der Waals surface area (Å²) < 4.78 is 5.44. The zero-order chi connectivity index (χ0) is 18.0. The third kappa shape index (κ3) is 3.96. The number of nitrogens with zero attached hydrogens (tertiary/aromatic N) is 2. The lowest BCUT2D eigenvalue weighted by Crippen LogP contribution is -2.10. The lowest BCUT2D eigenvalue weighted by molar-refractivity contribution is -0.384. The van der Waals surface area contributed by atoms with Crippen molar-refractivity contribution in [3.8, 4) is 0 Å². The molecule has 3 rings (SSSR count). The second-order valence-corrected chi connectivity index (χ2v) is 6.69. The number of ether oxygens (including phenoxy) is 1. The number of hydrogen-bond acceptors (Lipinski definition) is 6. The molecule has 1 fully saturated rings. The van der Waals surface area contributed by atoms with Gasteiger partial charge in [0.2, 0.25) is 0 Å². The van der Waals surface area contributed by atoms with Crippen LogP contribution in [-0.2, 0) is 11.3 Å². The van der Waals surface area contributed by atoms with Gasteiger partial charge in [-0.1, -0.05) is 15.9 Å². The van der Waals surface area contributed by atoms with Gasteiger partial charge in [0.15, 0.2) is 0 Å². The summed E-state index contributed by atoms with van der Waals surface area (Å²) in [6.45, 7) is 0.323. The maximum atomic E-state index is 11.9. The molecule has 1 aromatic heterocycles. The fourth-order valence-corrected chi connectivity index (χ4v) is 2.91. The summed E-state index contributed by atoms with van der Waals surface area (Å²) in [5.74, 6) is -0.103. The first kappa shape index (κ1) is 17.3. The number of rotatable bonds is 6. The number of nitro benzene ring substituents is 1. The molecule has 2 aromatic rings. The summed E-state index contributed by atoms with van der Waals surface area (Å²) in [4.78, 5) is 27.2. The molecule has 0 radical (unpaired) electrons. The number of carbonyl (C=O) groups excluding carboxylic acids is 1. The van der Waals surface area contributed by atoms with Gasteiger partial charge in [-0.05, 0) is 37.1 Å². The number of benzene rings is 1. The Morgan fingerprint density at radius 3 is 2.80 bits per heavy atom. The van der Waals surface area contributed by atoms with Gasteiger partial charge in [-0.2, -0.15) is 0 Å². The molecule has 25 heavy (non-hydrogen) atoms. The van der Waals surface area contributed by atoms with Crippen LogP contribution in [0.4, 0.5) is 11.4 Å². The summed E-state index contributed by atoms with van der Waals surface area (Å²) in [5, 5.41) is 14.2. The van der Waals surface area contributed by atoms with Crippen LogP contribution >= 0.6 is 15.9 Å². The maximum Gasteiger partial charge on any atom is 0.339 e. The number of esters is 1. The van der Waals surface area contributed by atoms with Crippen LogP contribution in [0.2, 0.25) is 0 Å². The second kappa shape index (κ2) is 7.18. The van der Waals surface area contributed by atoms with Crippen molar-refractivity contribution in [3.05, 3.63) is 61.9 Å². The predicted octanol–water partition coefficient (Wildman–Crippen LogP) is 4.03. The van der Waals surface area contributed by atoms with Crippen molar-refractivity contribution in [2.75, 3.05) is 12.4 Å². The first-order chi connectivity index (χ1) is 12.0. The summed E-state index contributed by atoms with van der Waals surface area (Å²) in [5.41, 5.74) is 2.36. The Balaban J connectivity index is 1.81. The van der Waals surface area contributed by atoms with E-state index in [1.54, 1.807) is 24.3 Å². The number of nitrogens with one attached hydrogen (secondary N) is 1. The largest absolute Gasteiger partial charge is 0.465 e. The molecule has 8 heteroatoms. The molecule has 0 aliphatic heterocycles. The molecule has 1 aliphatic carbocycles. The molecular weight excluding hydrogens is 390 g/mol. The molecule has 0 unspecified atom stereocenters. The molecule has 0 atom stereocenters. The van der Waals surface area contributed by atoms with Gasteiger partial charge in [0.05, 0.1) is 35.5 Å². The quantitative estimate of drug-likeness (QED) is 0.442. The molecule has 1 saturated carbocycles. The molecule has 1 N–H and O–H groups in total. The Morgan fingerprint density at radius 2 is 2.16 bits per heavy atom. The molecule has 0 saturated heterocycles. The second-order valence-electron chi connectivity index (χ2n) is 5.77. The number of pyridine rings is 1. The lowest BCUT2D eigenvalue weighted by Gasteiger charge is -2.11. The molecule has 130 valence electrons. The van der Waals surface area contributed by atoms with Gasteiger partial charge in [-0.25, -0.2) is 4.79 Å². The van der Waals surface area contributed by atoms with E-state index in [-0.39, 0.29) is 11.6 Å². The Morgan fingerprint density at radius 1 is 1.40 bits per heavy atom. The summed E-state index contributed by atoms with van der Waals surface area (Å²) in [7, 11) is 1.35. The van der Waals surface area contributed by atoms with E-state index in [0.29, 0.717) is 28.0 Å². The van der Waals surface area contributed by atoms with Crippen LogP contribution in [0, 0.1) is 10.1 Å². The van der Waals surface area contributed by atoms with E-state index in [1.807, 2.05) is 0 Å². The first-order valence-electron chi connectivity index (χ1n) is 7.75. The number of nitro groups is 1. The monoisotopic (exact) mass is 405 g/mol. The van der Waals surface area contributed by atoms with Gasteiger partial charge in [-0.3, -0.25) is 15.1 Å². The highest BCUT2D eigenvalue weighted by atomic mass is 79.9. The van der Waals surface area contributed by atoms with Gasteiger partial charge in [0.1, 0.15) is 5.69 Å². The minimum atomic E-state index is -0.434. The molecule has 1 aliphatic rings. The summed E-state index contributed by atoms with van der Waals surface area (Å²) >= 11 is 3.23. The molecular formula is C17H16BrN3O4. The van der Waals surface area contributed by atoms with Gasteiger partial charge >= 0.3 is 5.97 Å². The van der Waals surface area contributed by atoms with Crippen LogP contribution in [0.25, 0.3) is 0 Å². The van der Waals surface area contributed by atoms with Crippen molar-refractivity contribution in [2.24, 2.45) is 0 Å². The number of anilines is 1. The molecule has 0 amide bonds. The van der Waals surface area contributed by atoms with Crippen molar-refractivity contribution < 1.29 is 14.5 Å². The predicted molar refractivity (Wildman–Crippen MR) is 95.7 cm³/mol. The Kier molecular flexibility index (Phi) is 4.98. The topological polar surface area (TPSA) is 94.4 Å². The lowest BCUT2D eigenvalue weighted by atomic mass is 10.1. The number of halogens is 1. The van der Waals surface area contributed by atoms with E-state index in [4.69, 9.17) is 4.74 Å². The van der Waals surface area contributed by atoms with Crippen molar-refractivity contribution in [1.82, 2.24) is 4.98 Å². The van der Waals surface area contributed by atoms with E-state index in [0.717, 1.165) is 18.5 Å². The highest BCUT2D eigenvalue weighted by Crippen LogP contribution is 2.41. The SMILES string of the molecule is COC(=O)c1ccc(CNc2ccc(Br)cc2[N+](=O)[O-])nc1C1CC1. The number of aromatic nitrogens is 1. The number of hydrogen-bond donors (Lipinski definition) is 1. The Hall–Kier alpha value is -2.48. The fourth-order valence-electron chi connectivity index (χ4n) is 2.56. The number of carbonyl (C=O) groups is 1. The Labute approximate surface area is 152 Å². The van der Waals surface area contributed by atoms with Crippen molar-refractivity contribution >= 4 is 33.3 Å². The summed E-state index contributed by atoms with van der Waals surface area (Å²) in [6, 6.07) is 8.27. The van der Waals surface area contributed by atoms with Gasteiger partial charge in [-0.15, -0.1) is 0 Å². The van der Waals surface area contributed by atoms with Crippen molar-refractivity contribution in [1.29, 1.82) is 0 Å². The fraction of sp³-hybridized carbons (Fsp3) is 0.294. The van der Waals surface area contributed by atoms with Gasteiger partial charge < -0.3 is 10.1 Å². The van der Waals surface area contributed by atoms with Gasteiger partial charge in [0.25, 0.3) is 5.69 Å². The third-order valence-electron chi connectivity index (χ3n) is 3.97. The Bertz CT molecular complexity index is 837. The smallest absolute Gasteiger partial charge is 0.339 e. The maximum absolute atomic E-state index is 11.9. The van der Waals surface area contributed by atoms with E-state index in [2.05, 4.69) is 26.2 Å². The minimum Gasteiger partial charge on any atom is -0.465 e. The highest BCUT2D eigenvalue weighted by molar-refractivity contribution is 9.10. The molecule has 0 bridgehead atoms. The zero-order valence-corrected chi connectivity index (χ0v) is 15.1.